The highest BCUT2D eigenvalue weighted by Gasteiger charge is 2.16. The monoisotopic (exact) mass is 208 g/mol. The topological polar surface area (TPSA) is 17.1 Å². The van der Waals surface area contributed by atoms with Crippen LogP contribution in [0.4, 0.5) is 0 Å². The van der Waals surface area contributed by atoms with Crippen LogP contribution < -0.4 is 0 Å². The standard InChI is InChI=1S/C14H24O/c1-3-5-8-12(4-2)11-13-9-6-7-10-14(13)15/h11-12H,3-10H2,1-2H3/b13-11-/t12-/m1/s1. The van der Waals surface area contributed by atoms with Gasteiger partial charge in [-0.15, -0.1) is 0 Å². The minimum atomic E-state index is 0.413. The predicted octanol–water partition coefficient (Wildman–Crippen LogP) is 4.27. The number of hydrogen-bond donors (Lipinski definition) is 0. The van der Waals surface area contributed by atoms with Gasteiger partial charge in [0.15, 0.2) is 5.78 Å². The van der Waals surface area contributed by atoms with E-state index in [9.17, 15) is 4.79 Å². The highest BCUT2D eigenvalue weighted by atomic mass is 16.1. The molecule has 0 N–H and O–H groups in total. The van der Waals surface area contributed by atoms with Crippen molar-refractivity contribution in [3.8, 4) is 0 Å². The molecule has 1 saturated carbocycles. The third-order valence-corrected chi connectivity index (χ3v) is 3.35. The Balaban J connectivity index is 2.52. The Kier molecular flexibility index (Phi) is 5.67. The van der Waals surface area contributed by atoms with E-state index in [2.05, 4.69) is 19.9 Å². The second-order valence-electron chi connectivity index (χ2n) is 4.63. The van der Waals surface area contributed by atoms with Gasteiger partial charge < -0.3 is 0 Å². The lowest BCUT2D eigenvalue weighted by molar-refractivity contribution is -0.116. The third-order valence-electron chi connectivity index (χ3n) is 3.35. The number of carbonyl (C=O) groups excluding carboxylic acids is 1. The minimum Gasteiger partial charge on any atom is -0.295 e. The molecule has 1 aliphatic carbocycles. The maximum Gasteiger partial charge on any atom is 0.158 e. The van der Waals surface area contributed by atoms with Crippen molar-refractivity contribution in [3.63, 3.8) is 0 Å². The van der Waals surface area contributed by atoms with Crippen LogP contribution in [0.3, 0.4) is 0 Å². The number of ketones is 1. The summed E-state index contributed by atoms with van der Waals surface area (Å²) in [6.07, 6.45) is 11.4. The van der Waals surface area contributed by atoms with Crippen LogP contribution in [0.15, 0.2) is 11.6 Å². The van der Waals surface area contributed by atoms with E-state index in [1.807, 2.05) is 0 Å². The Labute approximate surface area is 93.9 Å². The lowest BCUT2D eigenvalue weighted by Crippen LogP contribution is -2.10. The fourth-order valence-corrected chi connectivity index (χ4v) is 2.23. The van der Waals surface area contributed by atoms with Gasteiger partial charge in [-0.1, -0.05) is 32.8 Å². The normalized spacial score (nSPS) is 22.0. The maximum atomic E-state index is 11.7. The number of carbonyl (C=O) groups is 1. The molecule has 1 aliphatic rings. The van der Waals surface area contributed by atoms with Crippen LogP contribution in [0.1, 0.15) is 65.2 Å². The van der Waals surface area contributed by atoms with Gasteiger partial charge in [-0.3, -0.25) is 4.79 Å². The van der Waals surface area contributed by atoms with E-state index in [0.29, 0.717) is 11.7 Å². The molecule has 0 saturated heterocycles. The summed E-state index contributed by atoms with van der Waals surface area (Å²) >= 11 is 0. The largest absolute Gasteiger partial charge is 0.295 e. The first-order valence-corrected chi connectivity index (χ1v) is 6.51. The van der Waals surface area contributed by atoms with Crippen molar-refractivity contribution < 1.29 is 4.79 Å². The lowest BCUT2D eigenvalue weighted by Gasteiger charge is -2.16. The zero-order chi connectivity index (χ0) is 11.1. The summed E-state index contributed by atoms with van der Waals surface area (Å²) in [4.78, 5) is 11.7. The van der Waals surface area contributed by atoms with Gasteiger partial charge in [-0.2, -0.15) is 0 Å². The molecule has 0 amide bonds. The Morgan fingerprint density at radius 3 is 2.60 bits per heavy atom. The SMILES string of the molecule is CCCC[C@H](/C=C1/CCCCC1=O)CC. The number of allylic oxidation sites excluding steroid dienone is 2. The first kappa shape index (κ1) is 12.5. The van der Waals surface area contributed by atoms with Crippen molar-refractivity contribution in [1.82, 2.24) is 0 Å². The van der Waals surface area contributed by atoms with E-state index in [4.69, 9.17) is 0 Å². The number of Topliss-reactive ketones (excluding diaryl/α,β-unsaturated/α-hetero) is 1. The van der Waals surface area contributed by atoms with Crippen molar-refractivity contribution in [3.05, 3.63) is 11.6 Å². The molecule has 1 heteroatoms. The third kappa shape index (κ3) is 4.19. The number of hydrogen-bond acceptors (Lipinski definition) is 1. The van der Waals surface area contributed by atoms with E-state index in [0.717, 1.165) is 24.8 Å². The Hall–Kier alpha value is -0.590. The Morgan fingerprint density at radius 2 is 2.00 bits per heavy atom. The van der Waals surface area contributed by atoms with E-state index >= 15 is 0 Å². The summed E-state index contributed by atoms with van der Waals surface area (Å²) < 4.78 is 0. The van der Waals surface area contributed by atoms with Gasteiger partial charge >= 0.3 is 0 Å². The summed E-state index contributed by atoms with van der Waals surface area (Å²) in [5.74, 6) is 1.05. The van der Waals surface area contributed by atoms with Gasteiger partial charge in [0.05, 0.1) is 0 Å². The van der Waals surface area contributed by atoms with Crippen molar-refractivity contribution in [1.29, 1.82) is 0 Å². The van der Waals surface area contributed by atoms with Crippen molar-refractivity contribution >= 4 is 5.78 Å². The molecule has 1 nitrogen and oxygen atoms in total. The van der Waals surface area contributed by atoms with Crippen LogP contribution in [0, 0.1) is 5.92 Å². The van der Waals surface area contributed by atoms with E-state index < -0.39 is 0 Å². The molecule has 0 unspecified atom stereocenters. The van der Waals surface area contributed by atoms with Crippen LogP contribution >= 0.6 is 0 Å². The molecule has 1 fully saturated rings. The van der Waals surface area contributed by atoms with Gasteiger partial charge in [-0.25, -0.2) is 0 Å². The molecular formula is C14H24O. The van der Waals surface area contributed by atoms with Gasteiger partial charge in [0.2, 0.25) is 0 Å². The molecule has 1 atom stereocenters. The zero-order valence-corrected chi connectivity index (χ0v) is 10.2. The molecule has 0 heterocycles. The summed E-state index contributed by atoms with van der Waals surface area (Å²) in [7, 11) is 0. The average molecular weight is 208 g/mol. The molecule has 0 radical (unpaired) electrons. The van der Waals surface area contributed by atoms with Crippen molar-refractivity contribution in [2.24, 2.45) is 5.92 Å². The van der Waals surface area contributed by atoms with E-state index in [1.165, 1.54) is 32.1 Å². The van der Waals surface area contributed by atoms with Gasteiger partial charge in [0, 0.05) is 6.42 Å². The molecule has 0 aromatic carbocycles. The van der Waals surface area contributed by atoms with Crippen molar-refractivity contribution in [2.45, 2.75) is 65.2 Å². The van der Waals surface area contributed by atoms with Crippen LogP contribution in [0.25, 0.3) is 0 Å². The maximum absolute atomic E-state index is 11.7. The predicted molar refractivity (Wildman–Crippen MR) is 64.9 cm³/mol. The fraction of sp³-hybridized carbons (Fsp3) is 0.786. The minimum absolute atomic E-state index is 0.413. The highest BCUT2D eigenvalue weighted by molar-refractivity contribution is 5.95. The quantitative estimate of drug-likeness (QED) is 0.616. The summed E-state index contributed by atoms with van der Waals surface area (Å²) in [6.45, 7) is 4.45. The molecule has 1 rings (SSSR count). The van der Waals surface area contributed by atoms with Crippen LogP contribution in [-0.4, -0.2) is 5.78 Å². The zero-order valence-electron chi connectivity index (χ0n) is 10.2. The number of rotatable bonds is 5. The first-order chi connectivity index (χ1) is 7.27. The Bertz CT molecular complexity index is 227. The van der Waals surface area contributed by atoms with Crippen molar-refractivity contribution in [2.75, 3.05) is 0 Å². The second-order valence-corrected chi connectivity index (χ2v) is 4.63. The summed E-state index contributed by atoms with van der Waals surface area (Å²) in [6, 6.07) is 0. The van der Waals surface area contributed by atoms with E-state index in [-0.39, 0.29) is 0 Å². The van der Waals surface area contributed by atoms with Gasteiger partial charge in [0.25, 0.3) is 0 Å². The van der Waals surface area contributed by atoms with Crippen LogP contribution in [0.5, 0.6) is 0 Å². The number of unbranched alkanes of at least 4 members (excludes halogenated alkanes) is 1. The van der Waals surface area contributed by atoms with Crippen LogP contribution in [0.2, 0.25) is 0 Å². The molecule has 0 aromatic heterocycles. The summed E-state index contributed by atoms with van der Waals surface area (Å²) in [5, 5.41) is 0. The summed E-state index contributed by atoms with van der Waals surface area (Å²) in [5.41, 5.74) is 1.13. The lowest BCUT2D eigenvalue weighted by atomic mass is 9.88. The van der Waals surface area contributed by atoms with Gasteiger partial charge in [-0.05, 0) is 43.6 Å². The first-order valence-electron chi connectivity index (χ1n) is 6.51. The van der Waals surface area contributed by atoms with Crippen LogP contribution in [-0.2, 0) is 4.79 Å². The molecule has 0 aliphatic heterocycles. The molecule has 0 spiro atoms. The highest BCUT2D eigenvalue weighted by Crippen LogP contribution is 2.24. The molecular weight excluding hydrogens is 184 g/mol. The van der Waals surface area contributed by atoms with Gasteiger partial charge in [0.1, 0.15) is 0 Å². The molecule has 0 bridgehead atoms. The van der Waals surface area contributed by atoms with E-state index in [1.54, 1.807) is 0 Å². The molecule has 0 aromatic rings. The Morgan fingerprint density at radius 1 is 1.27 bits per heavy atom. The fourth-order valence-electron chi connectivity index (χ4n) is 2.23. The second kappa shape index (κ2) is 6.81. The smallest absolute Gasteiger partial charge is 0.158 e. The molecule has 86 valence electrons. The average Bonchev–Trinajstić information content (AvgIpc) is 2.26. The molecule has 15 heavy (non-hydrogen) atoms.